The molecular formula is C13H22N4O. The fraction of sp³-hybridized carbons (Fsp3) is 0.615. The quantitative estimate of drug-likeness (QED) is 0.773. The number of aromatic nitrogens is 2. The molecule has 1 rings (SSSR count). The summed E-state index contributed by atoms with van der Waals surface area (Å²) in [5.74, 6) is 0.172. The van der Waals surface area contributed by atoms with Gasteiger partial charge < -0.3 is 10.2 Å². The van der Waals surface area contributed by atoms with E-state index < -0.39 is 0 Å². The topological polar surface area (TPSA) is 58.1 Å². The van der Waals surface area contributed by atoms with Crippen LogP contribution in [0.2, 0.25) is 0 Å². The van der Waals surface area contributed by atoms with Crippen LogP contribution in [0.15, 0.2) is 12.1 Å². The lowest BCUT2D eigenvalue weighted by molar-refractivity contribution is 0.0946. The van der Waals surface area contributed by atoms with Gasteiger partial charge in [0.05, 0.1) is 5.69 Å². The molecule has 0 bridgehead atoms. The van der Waals surface area contributed by atoms with E-state index in [1.54, 1.807) is 6.07 Å². The molecule has 0 aliphatic carbocycles. The Kier molecular flexibility index (Phi) is 5.71. The molecule has 1 N–H and O–H groups in total. The third kappa shape index (κ3) is 4.79. The van der Waals surface area contributed by atoms with E-state index in [1.807, 2.05) is 34.0 Å². The molecule has 0 saturated heterocycles. The van der Waals surface area contributed by atoms with Gasteiger partial charge in [-0.2, -0.15) is 5.10 Å². The van der Waals surface area contributed by atoms with Crippen molar-refractivity contribution in [3.05, 3.63) is 23.5 Å². The zero-order chi connectivity index (χ0) is 13.5. The Labute approximate surface area is 109 Å². The SMILES string of the molecule is CC(C)c1ccc(C(=O)NCCCN(C)C)nn1. The molecule has 0 saturated carbocycles. The number of rotatable bonds is 6. The van der Waals surface area contributed by atoms with Gasteiger partial charge in [0.15, 0.2) is 5.69 Å². The van der Waals surface area contributed by atoms with Crippen molar-refractivity contribution in [1.29, 1.82) is 0 Å². The highest BCUT2D eigenvalue weighted by atomic mass is 16.1. The van der Waals surface area contributed by atoms with Crippen LogP contribution in [0.3, 0.4) is 0 Å². The van der Waals surface area contributed by atoms with Crippen molar-refractivity contribution in [3.63, 3.8) is 0 Å². The molecule has 100 valence electrons. The molecule has 1 aromatic rings. The Morgan fingerprint density at radius 1 is 1.33 bits per heavy atom. The van der Waals surface area contributed by atoms with E-state index in [0.717, 1.165) is 18.7 Å². The number of amides is 1. The molecule has 0 radical (unpaired) electrons. The molecule has 18 heavy (non-hydrogen) atoms. The van der Waals surface area contributed by atoms with Crippen molar-refractivity contribution in [2.75, 3.05) is 27.2 Å². The van der Waals surface area contributed by atoms with Gasteiger partial charge in [0.25, 0.3) is 5.91 Å². The number of carbonyl (C=O) groups excluding carboxylic acids is 1. The number of nitrogens with one attached hydrogen (secondary N) is 1. The zero-order valence-electron chi connectivity index (χ0n) is 11.6. The van der Waals surface area contributed by atoms with Crippen LogP contribution in [0.4, 0.5) is 0 Å². The summed E-state index contributed by atoms with van der Waals surface area (Å²) in [5, 5.41) is 10.8. The van der Waals surface area contributed by atoms with Gasteiger partial charge >= 0.3 is 0 Å². The van der Waals surface area contributed by atoms with Crippen LogP contribution in [-0.4, -0.2) is 48.2 Å². The highest BCUT2D eigenvalue weighted by Gasteiger charge is 2.08. The molecule has 0 aliphatic heterocycles. The van der Waals surface area contributed by atoms with Gasteiger partial charge in [-0.15, -0.1) is 5.10 Å². The Morgan fingerprint density at radius 3 is 2.56 bits per heavy atom. The standard InChI is InChI=1S/C13H22N4O/c1-10(2)11-6-7-12(16-15-11)13(18)14-8-5-9-17(3)4/h6-7,10H,5,8-9H2,1-4H3,(H,14,18). The molecular weight excluding hydrogens is 228 g/mol. The second-order valence-corrected chi connectivity index (χ2v) is 4.91. The molecule has 1 amide bonds. The minimum Gasteiger partial charge on any atom is -0.351 e. The van der Waals surface area contributed by atoms with Crippen molar-refractivity contribution in [2.24, 2.45) is 0 Å². The van der Waals surface area contributed by atoms with E-state index in [4.69, 9.17) is 0 Å². The van der Waals surface area contributed by atoms with Crippen LogP contribution in [-0.2, 0) is 0 Å². The van der Waals surface area contributed by atoms with Gasteiger partial charge in [-0.3, -0.25) is 4.79 Å². The lowest BCUT2D eigenvalue weighted by atomic mass is 10.1. The highest BCUT2D eigenvalue weighted by Crippen LogP contribution is 2.09. The van der Waals surface area contributed by atoms with Crippen molar-refractivity contribution in [1.82, 2.24) is 20.4 Å². The summed E-state index contributed by atoms with van der Waals surface area (Å²) in [5.41, 5.74) is 1.28. The van der Waals surface area contributed by atoms with Crippen molar-refractivity contribution < 1.29 is 4.79 Å². The molecule has 0 fully saturated rings. The van der Waals surface area contributed by atoms with Crippen molar-refractivity contribution in [2.45, 2.75) is 26.2 Å². The van der Waals surface area contributed by atoms with Gasteiger partial charge in [0, 0.05) is 6.54 Å². The summed E-state index contributed by atoms with van der Waals surface area (Å²) in [6.45, 7) is 5.71. The monoisotopic (exact) mass is 250 g/mol. The van der Waals surface area contributed by atoms with Crippen molar-refractivity contribution in [3.8, 4) is 0 Å². The summed E-state index contributed by atoms with van der Waals surface area (Å²) in [7, 11) is 4.02. The van der Waals surface area contributed by atoms with E-state index in [-0.39, 0.29) is 5.91 Å². The molecule has 0 aromatic carbocycles. The minimum atomic E-state index is -0.156. The largest absolute Gasteiger partial charge is 0.351 e. The summed E-state index contributed by atoms with van der Waals surface area (Å²) in [4.78, 5) is 13.8. The summed E-state index contributed by atoms with van der Waals surface area (Å²) < 4.78 is 0. The van der Waals surface area contributed by atoms with Gasteiger partial charge in [-0.25, -0.2) is 0 Å². The van der Waals surface area contributed by atoms with Crippen LogP contribution in [0.25, 0.3) is 0 Å². The third-order valence-electron chi connectivity index (χ3n) is 2.58. The normalized spacial score (nSPS) is 11.0. The molecule has 0 atom stereocenters. The van der Waals surface area contributed by atoms with E-state index in [0.29, 0.717) is 18.2 Å². The average Bonchev–Trinajstić information content (AvgIpc) is 2.34. The zero-order valence-corrected chi connectivity index (χ0v) is 11.6. The van der Waals surface area contributed by atoms with Crippen LogP contribution < -0.4 is 5.32 Å². The van der Waals surface area contributed by atoms with E-state index in [2.05, 4.69) is 20.4 Å². The number of hydrogen-bond acceptors (Lipinski definition) is 4. The average molecular weight is 250 g/mol. The fourth-order valence-corrected chi connectivity index (χ4v) is 1.46. The second kappa shape index (κ2) is 7.06. The van der Waals surface area contributed by atoms with E-state index in [9.17, 15) is 4.79 Å². The van der Waals surface area contributed by atoms with E-state index >= 15 is 0 Å². The molecule has 0 unspecified atom stereocenters. The molecule has 0 spiro atoms. The number of hydrogen-bond donors (Lipinski definition) is 1. The maximum Gasteiger partial charge on any atom is 0.271 e. The van der Waals surface area contributed by atoms with Gasteiger partial charge in [0.2, 0.25) is 0 Å². The first kappa shape index (κ1) is 14.6. The molecule has 0 aliphatic rings. The second-order valence-electron chi connectivity index (χ2n) is 4.91. The van der Waals surface area contributed by atoms with Gasteiger partial charge in [-0.05, 0) is 45.1 Å². The van der Waals surface area contributed by atoms with Crippen LogP contribution in [0, 0.1) is 0 Å². The first-order valence-electron chi connectivity index (χ1n) is 6.27. The predicted octanol–water partition coefficient (Wildman–Crippen LogP) is 1.28. The van der Waals surface area contributed by atoms with Crippen LogP contribution >= 0.6 is 0 Å². The number of carbonyl (C=O) groups is 1. The van der Waals surface area contributed by atoms with Crippen LogP contribution in [0.5, 0.6) is 0 Å². The molecule has 1 heterocycles. The third-order valence-corrected chi connectivity index (χ3v) is 2.58. The molecule has 1 aromatic heterocycles. The first-order chi connectivity index (χ1) is 8.50. The summed E-state index contributed by atoms with van der Waals surface area (Å²) in [6, 6.07) is 3.58. The lowest BCUT2D eigenvalue weighted by Crippen LogP contribution is -2.28. The molecule has 5 heteroatoms. The van der Waals surface area contributed by atoms with Crippen molar-refractivity contribution >= 4 is 5.91 Å². The number of nitrogens with zero attached hydrogens (tertiary/aromatic N) is 3. The minimum absolute atomic E-state index is 0.156. The Morgan fingerprint density at radius 2 is 2.06 bits per heavy atom. The van der Waals surface area contributed by atoms with Gasteiger partial charge in [0.1, 0.15) is 0 Å². The van der Waals surface area contributed by atoms with Crippen LogP contribution in [0.1, 0.15) is 42.4 Å². The fourth-order valence-electron chi connectivity index (χ4n) is 1.46. The highest BCUT2D eigenvalue weighted by molar-refractivity contribution is 5.91. The Bertz CT molecular complexity index is 373. The summed E-state index contributed by atoms with van der Waals surface area (Å²) >= 11 is 0. The molecule has 5 nitrogen and oxygen atoms in total. The smallest absolute Gasteiger partial charge is 0.271 e. The Balaban J connectivity index is 2.42. The first-order valence-corrected chi connectivity index (χ1v) is 6.27. The summed E-state index contributed by atoms with van der Waals surface area (Å²) in [6.07, 6.45) is 0.927. The maximum absolute atomic E-state index is 11.7. The predicted molar refractivity (Wildman–Crippen MR) is 71.6 cm³/mol. The maximum atomic E-state index is 11.7. The lowest BCUT2D eigenvalue weighted by Gasteiger charge is -2.09. The van der Waals surface area contributed by atoms with Gasteiger partial charge in [-0.1, -0.05) is 13.8 Å². The Hall–Kier alpha value is -1.49. The van der Waals surface area contributed by atoms with E-state index in [1.165, 1.54) is 0 Å².